The Kier molecular flexibility index (Phi) is 7.05. The molecular weight excluding hydrogens is 482 g/mol. The molecule has 0 spiro atoms. The van der Waals surface area contributed by atoms with E-state index in [-0.39, 0.29) is 36.3 Å². The van der Waals surface area contributed by atoms with Crippen molar-refractivity contribution < 1.29 is 15.3 Å². The van der Waals surface area contributed by atoms with Gasteiger partial charge >= 0.3 is 0 Å². The second kappa shape index (κ2) is 9.99. The summed E-state index contributed by atoms with van der Waals surface area (Å²) in [4.78, 5) is 32.9. The van der Waals surface area contributed by atoms with Crippen LogP contribution in [0, 0.1) is 5.92 Å². The average molecular weight is 504 g/mol. The third kappa shape index (κ3) is 4.58. The second-order valence-electron chi connectivity index (χ2n) is 7.79. The number of benzene rings is 1. The van der Waals surface area contributed by atoms with Crippen molar-refractivity contribution in [2.75, 3.05) is 17.2 Å². The molecule has 0 radical (unpaired) electrons. The molecule has 4 aromatic rings. The molecule has 1 aromatic carbocycles. The van der Waals surface area contributed by atoms with Crippen molar-refractivity contribution in [3.05, 3.63) is 53.3 Å². The summed E-state index contributed by atoms with van der Waals surface area (Å²) in [6.07, 6.45) is 2.54. The smallest absolute Gasteiger partial charge is 0.264 e. The highest BCUT2D eigenvalue weighted by Gasteiger charge is 2.41. The number of H-pyrrole nitrogens is 1. The molecule has 0 unspecified atom stereocenters. The van der Waals surface area contributed by atoms with Crippen molar-refractivity contribution in [3.8, 4) is 10.6 Å². The molecule has 3 heterocycles. The summed E-state index contributed by atoms with van der Waals surface area (Å²) in [5.74, 6) is -0.134. The second-order valence-corrected chi connectivity index (χ2v) is 8.82. The van der Waals surface area contributed by atoms with Gasteiger partial charge in [-0.3, -0.25) is 9.78 Å². The molecule has 6 N–H and O–H groups in total. The highest BCUT2D eigenvalue weighted by Crippen LogP contribution is 2.34. The molecular formula is C21H22ClN7O4S. The van der Waals surface area contributed by atoms with Gasteiger partial charge in [0.25, 0.3) is 5.56 Å². The fourth-order valence-corrected chi connectivity index (χ4v) is 4.95. The molecule has 13 heteroatoms. The first-order valence-corrected chi connectivity index (χ1v) is 11.1. The lowest BCUT2D eigenvalue weighted by Gasteiger charge is -2.20. The maximum absolute atomic E-state index is 13.2. The number of anilines is 3. The molecule has 1 fully saturated rings. The minimum Gasteiger partial charge on any atom is -0.396 e. The van der Waals surface area contributed by atoms with Gasteiger partial charge in [-0.1, -0.05) is 12.1 Å². The molecule has 3 aromatic heterocycles. The van der Waals surface area contributed by atoms with Crippen LogP contribution in [-0.4, -0.2) is 65.1 Å². The maximum Gasteiger partial charge on any atom is 0.264 e. The van der Waals surface area contributed by atoms with Crippen molar-refractivity contribution in [1.29, 1.82) is 0 Å². The van der Waals surface area contributed by atoms with Crippen LogP contribution < -0.4 is 16.2 Å². The van der Waals surface area contributed by atoms with Crippen LogP contribution in [0.3, 0.4) is 0 Å². The number of fused-ring (bicyclic) bond motifs is 1. The van der Waals surface area contributed by atoms with E-state index in [0.717, 1.165) is 10.2 Å². The Labute approximate surface area is 203 Å². The Hall–Kier alpha value is -3.16. The Morgan fingerprint density at radius 3 is 2.59 bits per heavy atom. The molecule has 1 aliphatic carbocycles. The van der Waals surface area contributed by atoms with Gasteiger partial charge in [0.1, 0.15) is 28.8 Å². The number of aromatic nitrogens is 5. The third-order valence-corrected chi connectivity index (χ3v) is 6.66. The number of hydrogen-bond acceptors (Lipinski definition) is 11. The van der Waals surface area contributed by atoms with E-state index in [1.54, 1.807) is 0 Å². The number of para-hydroxylation sites is 1. The Morgan fingerprint density at radius 2 is 1.88 bits per heavy atom. The molecule has 0 saturated heterocycles. The number of aliphatic hydroxyl groups is 3. The largest absolute Gasteiger partial charge is 0.396 e. The molecule has 0 aliphatic heterocycles. The Morgan fingerprint density at radius 1 is 1.12 bits per heavy atom. The van der Waals surface area contributed by atoms with E-state index in [0.29, 0.717) is 17.1 Å². The number of halogens is 1. The van der Waals surface area contributed by atoms with Crippen LogP contribution in [0.15, 0.2) is 47.8 Å². The fraction of sp³-hybridized carbons (Fsp3) is 0.286. The van der Waals surface area contributed by atoms with Crippen LogP contribution in [0.4, 0.5) is 17.5 Å². The van der Waals surface area contributed by atoms with Gasteiger partial charge in [0.2, 0.25) is 5.95 Å². The predicted octanol–water partition coefficient (Wildman–Crippen LogP) is 1.52. The van der Waals surface area contributed by atoms with E-state index in [9.17, 15) is 20.1 Å². The number of hydrogen-bond donors (Lipinski definition) is 6. The van der Waals surface area contributed by atoms with Crippen molar-refractivity contribution in [2.45, 2.75) is 24.7 Å². The highest BCUT2D eigenvalue weighted by molar-refractivity contribution is 7.21. The monoisotopic (exact) mass is 503 g/mol. The molecule has 178 valence electrons. The molecule has 34 heavy (non-hydrogen) atoms. The number of aliphatic hydroxyl groups excluding tert-OH is 3. The standard InChI is InChI=1S/C21H21N7O4S.ClH/c29-8-10-5-13(17(31)16(10)30)25-18-15(20-26-12-3-1-2-4-14(12)33-20)19(32)28-21(27-18)24-11-6-22-9-23-7-11;/h1-4,6-7,9-10,13,16-17,29-31H,5,8H2,(H3,24,25,27,28,32);1H/t10-,13-,16-,17+;/m1./s1. The number of aromatic amines is 1. The van der Waals surface area contributed by atoms with E-state index >= 15 is 0 Å². The zero-order chi connectivity index (χ0) is 22.9. The van der Waals surface area contributed by atoms with Crippen LogP contribution >= 0.6 is 23.7 Å². The van der Waals surface area contributed by atoms with E-state index in [1.165, 1.54) is 30.1 Å². The average Bonchev–Trinajstić information content (AvgIpc) is 3.35. The van der Waals surface area contributed by atoms with Gasteiger partial charge in [0, 0.05) is 12.5 Å². The van der Waals surface area contributed by atoms with E-state index in [2.05, 4.69) is 35.6 Å². The molecule has 0 bridgehead atoms. The lowest BCUT2D eigenvalue weighted by molar-refractivity contribution is 0.00446. The topological polar surface area (TPSA) is 169 Å². The van der Waals surface area contributed by atoms with Gasteiger partial charge in [-0.15, -0.1) is 23.7 Å². The number of rotatable bonds is 6. The van der Waals surface area contributed by atoms with Gasteiger partial charge < -0.3 is 26.0 Å². The molecule has 5 rings (SSSR count). The summed E-state index contributed by atoms with van der Waals surface area (Å²) in [7, 11) is 0. The Balaban J connectivity index is 0.00000274. The molecule has 11 nitrogen and oxygen atoms in total. The molecule has 4 atom stereocenters. The first-order valence-electron chi connectivity index (χ1n) is 10.3. The van der Waals surface area contributed by atoms with E-state index in [1.807, 2.05) is 24.3 Å². The van der Waals surface area contributed by atoms with E-state index in [4.69, 9.17) is 0 Å². The van der Waals surface area contributed by atoms with Crippen molar-refractivity contribution in [2.24, 2.45) is 5.92 Å². The van der Waals surface area contributed by atoms with Crippen LogP contribution in [-0.2, 0) is 0 Å². The van der Waals surface area contributed by atoms with Gasteiger partial charge in [0.05, 0.1) is 40.4 Å². The van der Waals surface area contributed by atoms with Gasteiger partial charge in [-0.2, -0.15) is 4.98 Å². The zero-order valence-electron chi connectivity index (χ0n) is 17.6. The quantitative estimate of drug-likeness (QED) is 0.227. The normalized spacial score (nSPS) is 21.9. The van der Waals surface area contributed by atoms with Crippen LogP contribution in [0.5, 0.6) is 0 Å². The van der Waals surface area contributed by atoms with Gasteiger partial charge in [0.15, 0.2) is 0 Å². The zero-order valence-corrected chi connectivity index (χ0v) is 19.3. The number of thiazole rings is 1. The number of nitrogens with one attached hydrogen (secondary N) is 3. The summed E-state index contributed by atoms with van der Waals surface area (Å²) in [5, 5.41) is 36.7. The first-order chi connectivity index (χ1) is 16.0. The minimum atomic E-state index is -1.13. The molecule has 1 saturated carbocycles. The van der Waals surface area contributed by atoms with Crippen LogP contribution in [0.1, 0.15) is 6.42 Å². The summed E-state index contributed by atoms with van der Waals surface area (Å²) in [6.45, 7) is -0.259. The Bertz CT molecular complexity index is 1300. The summed E-state index contributed by atoms with van der Waals surface area (Å²) < 4.78 is 0.915. The fourth-order valence-electron chi connectivity index (χ4n) is 3.94. The maximum atomic E-state index is 13.2. The van der Waals surface area contributed by atoms with Crippen LogP contribution in [0.2, 0.25) is 0 Å². The number of nitrogens with zero attached hydrogens (tertiary/aromatic N) is 4. The highest BCUT2D eigenvalue weighted by atomic mass is 35.5. The summed E-state index contributed by atoms with van der Waals surface area (Å²) >= 11 is 1.35. The lowest BCUT2D eigenvalue weighted by Crippen LogP contribution is -2.36. The third-order valence-electron chi connectivity index (χ3n) is 5.61. The molecule has 0 amide bonds. The van der Waals surface area contributed by atoms with Crippen molar-refractivity contribution in [1.82, 2.24) is 24.9 Å². The van der Waals surface area contributed by atoms with Crippen molar-refractivity contribution in [3.63, 3.8) is 0 Å². The molecule has 1 aliphatic rings. The van der Waals surface area contributed by atoms with Gasteiger partial charge in [-0.25, -0.2) is 15.0 Å². The summed E-state index contributed by atoms with van der Waals surface area (Å²) in [5.41, 5.74) is 1.07. The van der Waals surface area contributed by atoms with Crippen molar-refractivity contribution >= 4 is 51.4 Å². The van der Waals surface area contributed by atoms with E-state index < -0.39 is 29.7 Å². The SMILES string of the molecule is Cl.O=c1[nH]c(Nc2cncnc2)nc(N[C@@H]2C[C@H](CO)[C@@H](O)[C@H]2O)c1-c1nc2ccccc2s1. The van der Waals surface area contributed by atoms with Crippen LogP contribution in [0.25, 0.3) is 20.8 Å². The predicted molar refractivity (Wildman–Crippen MR) is 131 cm³/mol. The minimum absolute atomic E-state index is 0. The summed E-state index contributed by atoms with van der Waals surface area (Å²) in [6, 6.07) is 6.92. The first kappa shape index (κ1) is 24.0. The lowest BCUT2D eigenvalue weighted by atomic mass is 10.1. The van der Waals surface area contributed by atoms with Gasteiger partial charge in [-0.05, 0) is 18.6 Å².